The molecule has 3 aliphatic rings. The maximum atomic E-state index is 12.7. The average molecular weight is 306 g/mol. The molecule has 116 valence electrons. The van der Waals surface area contributed by atoms with Crippen molar-refractivity contribution in [2.45, 2.75) is 31.2 Å². The fourth-order valence-electron chi connectivity index (χ4n) is 4.68. The first-order chi connectivity index (χ1) is 11.2. The van der Waals surface area contributed by atoms with Crippen LogP contribution in [0, 0.1) is 11.8 Å². The third kappa shape index (κ3) is 1.71. The zero-order chi connectivity index (χ0) is 15.6. The monoisotopic (exact) mass is 306 g/mol. The number of benzene rings is 2. The molecule has 0 amide bonds. The highest BCUT2D eigenvalue weighted by Crippen LogP contribution is 2.76. The summed E-state index contributed by atoms with van der Waals surface area (Å²) >= 11 is 0. The van der Waals surface area contributed by atoms with E-state index in [0.29, 0.717) is 12.5 Å². The Hall–Kier alpha value is -2.13. The number of hydrogen-bond acceptors (Lipinski definition) is 3. The van der Waals surface area contributed by atoms with Gasteiger partial charge in [0.25, 0.3) is 0 Å². The lowest BCUT2D eigenvalue weighted by molar-refractivity contribution is -0.155. The molecule has 1 heterocycles. The summed E-state index contributed by atoms with van der Waals surface area (Å²) < 4.78 is 11.8. The normalized spacial score (nSPS) is 35.5. The van der Waals surface area contributed by atoms with Crippen LogP contribution in [-0.2, 0) is 20.9 Å². The number of rotatable bonds is 3. The van der Waals surface area contributed by atoms with Gasteiger partial charge in [-0.2, -0.15) is 0 Å². The molecule has 5 rings (SSSR count). The molecule has 3 heteroatoms. The number of fused-ring (bicyclic) bond motifs is 5. The maximum Gasteiger partial charge on any atom is 0.312 e. The second-order valence-corrected chi connectivity index (χ2v) is 6.97. The number of ether oxygens (including phenoxy) is 2. The first-order valence-corrected chi connectivity index (χ1v) is 8.17. The number of carbonyl (C=O) groups is 1. The van der Waals surface area contributed by atoms with Gasteiger partial charge in [0.1, 0.15) is 6.61 Å². The Bertz CT molecular complexity index is 784. The van der Waals surface area contributed by atoms with Gasteiger partial charge in [-0.15, -0.1) is 0 Å². The lowest BCUT2D eigenvalue weighted by Crippen LogP contribution is -2.30. The van der Waals surface area contributed by atoms with Crippen molar-refractivity contribution in [3.05, 3.63) is 71.3 Å². The molecule has 1 unspecified atom stereocenters. The van der Waals surface area contributed by atoms with Crippen molar-refractivity contribution in [3.8, 4) is 0 Å². The second kappa shape index (κ2) is 4.45. The minimum Gasteiger partial charge on any atom is -0.461 e. The Kier molecular flexibility index (Phi) is 2.58. The summed E-state index contributed by atoms with van der Waals surface area (Å²) in [7, 11) is 0. The van der Waals surface area contributed by atoms with E-state index in [4.69, 9.17) is 9.47 Å². The zero-order valence-corrected chi connectivity index (χ0v) is 12.9. The summed E-state index contributed by atoms with van der Waals surface area (Å²) in [5, 5.41) is 0. The largest absolute Gasteiger partial charge is 0.461 e. The first-order valence-electron chi connectivity index (χ1n) is 8.17. The Morgan fingerprint density at radius 3 is 2.57 bits per heavy atom. The molecule has 0 radical (unpaired) electrons. The van der Waals surface area contributed by atoms with Crippen molar-refractivity contribution in [1.29, 1.82) is 0 Å². The molecule has 23 heavy (non-hydrogen) atoms. The average Bonchev–Trinajstić information content (AvgIpc) is 3.10. The van der Waals surface area contributed by atoms with Crippen molar-refractivity contribution in [2.24, 2.45) is 11.8 Å². The van der Waals surface area contributed by atoms with Crippen molar-refractivity contribution in [2.75, 3.05) is 0 Å². The molecular formula is C20H18O3. The van der Waals surface area contributed by atoms with Crippen LogP contribution in [0.2, 0.25) is 0 Å². The van der Waals surface area contributed by atoms with Crippen LogP contribution in [0.4, 0.5) is 0 Å². The van der Waals surface area contributed by atoms with E-state index >= 15 is 0 Å². The molecule has 2 aliphatic carbocycles. The molecule has 3 nitrogen and oxygen atoms in total. The van der Waals surface area contributed by atoms with E-state index in [1.54, 1.807) is 0 Å². The van der Waals surface area contributed by atoms with E-state index in [9.17, 15) is 4.79 Å². The molecule has 2 bridgehead atoms. The zero-order valence-electron chi connectivity index (χ0n) is 12.9. The van der Waals surface area contributed by atoms with Crippen LogP contribution in [0.15, 0.2) is 54.6 Å². The standard InChI is InChI=1S/C20H18O3/c1-20-16-13-9-5-6-10-14(13)18(23-20)15(17(16)20)19(21)22-11-12-7-3-2-4-8-12/h2-10,15-18H,11H2,1H3/t15?,16-,17+,18+,20-/m1/s1. The minimum atomic E-state index is -0.171. The van der Waals surface area contributed by atoms with E-state index < -0.39 is 0 Å². The molecule has 0 spiro atoms. The highest BCUT2D eigenvalue weighted by Gasteiger charge is 2.78. The second-order valence-electron chi connectivity index (χ2n) is 6.97. The predicted octanol–water partition coefficient (Wildman–Crippen LogP) is 3.60. The molecule has 1 saturated heterocycles. The van der Waals surface area contributed by atoms with E-state index in [1.807, 2.05) is 36.4 Å². The van der Waals surface area contributed by atoms with Gasteiger partial charge in [0.15, 0.2) is 0 Å². The van der Waals surface area contributed by atoms with Crippen molar-refractivity contribution in [1.82, 2.24) is 0 Å². The molecule has 1 aliphatic heterocycles. The third-order valence-corrected chi connectivity index (χ3v) is 5.76. The summed E-state index contributed by atoms with van der Waals surface area (Å²) in [5.41, 5.74) is 3.38. The van der Waals surface area contributed by atoms with Gasteiger partial charge in [0, 0.05) is 11.8 Å². The fourth-order valence-corrected chi connectivity index (χ4v) is 4.68. The highest BCUT2D eigenvalue weighted by molar-refractivity contribution is 5.78. The Morgan fingerprint density at radius 1 is 1.09 bits per heavy atom. The van der Waals surface area contributed by atoms with Crippen LogP contribution in [-0.4, -0.2) is 11.6 Å². The lowest BCUT2D eigenvalue weighted by Gasteiger charge is -2.32. The van der Waals surface area contributed by atoms with Gasteiger partial charge in [0.05, 0.1) is 17.6 Å². The van der Waals surface area contributed by atoms with Crippen LogP contribution in [0.1, 0.15) is 35.6 Å². The SMILES string of the molecule is C[C@@]12O[C@H]3c4ccccc4[C@@H]1[C@@H]2C3C(=O)OCc1ccccc1. The van der Waals surface area contributed by atoms with Crippen LogP contribution in [0.25, 0.3) is 0 Å². The maximum absolute atomic E-state index is 12.7. The lowest BCUT2D eigenvalue weighted by atomic mass is 9.81. The molecule has 0 aromatic heterocycles. The number of hydrogen-bond donors (Lipinski definition) is 0. The summed E-state index contributed by atoms with van der Waals surface area (Å²) in [6.45, 7) is 2.47. The molecule has 5 atom stereocenters. The molecule has 2 aromatic carbocycles. The Labute approximate surface area is 135 Å². The Balaban J connectivity index is 1.40. The van der Waals surface area contributed by atoms with Gasteiger partial charge in [-0.3, -0.25) is 4.79 Å². The summed E-state index contributed by atoms with van der Waals surface area (Å²) in [4.78, 5) is 12.7. The van der Waals surface area contributed by atoms with E-state index in [1.165, 1.54) is 11.1 Å². The van der Waals surface area contributed by atoms with Crippen molar-refractivity contribution in [3.63, 3.8) is 0 Å². The van der Waals surface area contributed by atoms with E-state index in [-0.39, 0.29) is 29.5 Å². The van der Waals surface area contributed by atoms with Crippen LogP contribution >= 0.6 is 0 Å². The van der Waals surface area contributed by atoms with Crippen molar-refractivity contribution < 1.29 is 14.3 Å². The molecular weight excluding hydrogens is 288 g/mol. The topological polar surface area (TPSA) is 35.5 Å². The minimum absolute atomic E-state index is 0.121. The number of esters is 1. The van der Waals surface area contributed by atoms with Crippen LogP contribution < -0.4 is 0 Å². The quantitative estimate of drug-likeness (QED) is 0.813. The first kappa shape index (κ1) is 13.3. The summed E-state index contributed by atoms with van der Waals surface area (Å²) in [5.74, 6) is 0.330. The fraction of sp³-hybridized carbons (Fsp3) is 0.350. The van der Waals surface area contributed by atoms with Gasteiger partial charge in [-0.25, -0.2) is 0 Å². The van der Waals surface area contributed by atoms with E-state index in [2.05, 4.69) is 25.1 Å². The van der Waals surface area contributed by atoms with Gasteiger partial charge in [0.2, 0.25) is 0 Å². The van der Waals surface area contributed by atoms with Gasteiger partial charge in [-0.1, -0.05) is 54.6 Å². The molecule has 2 aromatic rings. The summed E-state index contributed by atoms with van der Waals surface area (Å²) in [6.07, 6.45) is -0.144. The molecule has 1 saturated carbocycles. The smallest absolute Gasteiger partial charge is 0.312 e. The van der Waals surface area contributed by atoms with Crippen LogP contribution in [0.5, 0.6) is 0 Å². The van der Waals surface area contributed by atoms with Crippen LogP contribution in [0.3, 0.4) is 0 Å². The predicted molar refractivity (Wildman–Crippen MR) is 84.6 cm³/mol. The molecule has 2 fully saturated rings. The molecule has 0 N–H and O–H groups in total. The third-order valence-electron chi connectivity index (χ3n) is 5.76. The van der Waals surface area contributed by atoms with Gasteiger partial charge in [-0.05, 0) is 23.6 Å². The van der Waals surface area contributed by atoms with Gasteiger partial charge < -0.3 is 9.47 Å². The Morgan fingerprint density at radius 2 is 1.78 bits per heavy atom. The van der Waals surface area contributed by atoms with Crippen molar-refractivity contribution >= 4 is 5.97 Å². The van der Waals surface area contributed by atoms with E-state index in [0.717, 1.165) is 5.56 Å². The number of carbonyl (C=O) groups excluding carboxylic acids is 1. The summed E-state index contributed by atoms with van der Waals surface area (Å²) in [6, 6.07) is 18.2. The highest BCUT2D eigenvalue weighted by atomic mass is 16.6. The van der Waals surface area contributed by atoms with Gasteiger partial charge >= 0.3 is 5.97 Å².